The van der Waals surface area contributed by atoms with Crippen molar-refractivity contribution in [2.45, 2.75) is 25.8 Å². The highest BCUT2D eigenvalue weighted by molar-refractivity contribution is 6.30. The molecular formula is C16H27ClN2O. The summed E-state index contributed by atoms with van der Waals surface area (Å²) in [6.45, 7) is 5.59. The first-order valence-electron chi connectivity index (χ1n) is 7.34. The topological polar surface area (TPSA) is 24.5 Å². The van der Waals surface area contributed by atoms with Gasteiger partial charge in [-0.15, -0.1) is 0 Å². The minimum Gasteiger partial charge on any atom is -0.379 e. The van der Waals surface area contributed by atoms with Crippen LogP contribution in [0.25, 0.3) is 0 Å². The molecule has 0 saturated heterocycles. The largest absolute Gasteiger partial charge is 0.379 e. The number of nitrogens with one attached hydrogen (secondary N) is 1. The molecule has 0 bridgehead atoms. The quantitative estimate of drug-likeness (QED) is 0.671. The van der Waals surface area contributed by atoms with Crippen LogP contribution in [0.3, 0.4) is 0 Å². The molecule has 0 aliphatic carbocycles. The predicted molar refractivity (Wildman–Crippen MR) is 86.5 cm³/mol. The van der Waals surface area contributed by atoms with Crippen molar-refractivity contribution in [2.24, 2.45) is 0 Å². The minimum atomic E-state index is 0.384. The SMILES string of the molecule is CCCC(NCCOCCN(C)C)c1ccc(Cl)cc1. The molecule has 0 aliphatic heterocycles. The van der Waals surface area contributed by atoms with Crippen molar-refractivity contribution in [1.29, 1.82) is 0 Å². The van der Waals surface area contributed by atoms with E-state index in [4.69, 9.17) is 16.3 Å². The maximum Gasteiger partial charge on any atom is 0.0593 e. The smallest absolute Gasteiger partial charge is 0.0593 e. The van der Waals surface area contributed by atoms with E-state index in [1.807, 2.05) is 12.1 Å². The maximum atomic E-state index is 5.94. The van der Waals surface area contributed by atoms with Gasteiger partial charge in [0.1, 0.15) is 0 Å². The lowest BCUT2D eigenvalue weighted by Crippen LogP contribution is -2.26. The van der Waals surface area contributed by atoms with Crippen molar-refractivity contribution in [3.8, 4) is 0 Å². The third kappa shape index (κ3) is 7.25. The van der Waals surface area contributed by atoms with Crippen LogP contribution in [-0.2, 0) is 4.74 Å². The van der Waals surface area contributed by atoms with Crippen LogP contribution in [0, 0.1) is 0 Å². The molecule has 3 nitrogen and oxygen atoms in total. The first kappa shape index (κ1) is 17.4. The molecule has 1 atom stereocenters. The van der Waals surface area contributed by atoms with Crippen LogP contribution >= 0.6 is 11.6 Å². The molecule has 0 radical (unpaired) electrons. The van der Waals surface area contributed by atoms with E-state index >= 15 is 0 Å². The van der Waals surface area contributed by atoms with E-state index in [2.05, 4.69) is 43.4 Å². The summed E-state index contributed by atoms with van der Waals surface area (Å²) in [5.74, 6) is 0. The number of hydrogen-bond acceptors (Lipinski definition) is 3. The van der Waals surface area contributed by atoms with E-state index in [1.165, 1.54) is 5.56 Å². The van der Waals surface area contributed by atoms with Crippen LogP contribution < -0.4 is 5.32 Å². The summed E-state index contributed by atoms with van der Waals surface area (Å²) < 4.78 is 5.60. The molecule has 1 rings (SSSR count). The first-order valence-corrected chi connectivity index (χ1v) is 7.72. The maximum absolute atomic E-state index is 5.94. The fraction of sp³-hybridized carbons (Fsp3) is 0.625. The van der Waals surface area contributed by atoms with Crippen LogP contribution in [0.4, 0.5) is 0 Å². The zero-order valence-electron chi connectivity index (χ0n) is 12.9. The molecule has 4 heteroatoms. The van der Waals surface area contributed by atoms with Crippen LogP contribution in [-0.4, -0.2) is 45.3 Å². The van der Waals surface area contributed by atoms with Gasteiger partial charge in [0.15, 0.2) is 0 Å². The van der Waals surface area contributed by atoms with Crippen molar-refractivity contribution in [3.63, 3.8) is 0 Å². The molecule has 0 spiro atoms. The summed E-state index contributed by atoms with van der Waals surface area (Å²) in [4.78, 5) is 2.13. The highest BCUT2D eigenvalue weighted by Crippen LogP contribution is 2.20. The average molecular weight is 299 g/mol. The number of nitrogens with zero attached hydrogens (tertiary/aromatic N) is 1. The molecule has 1 aromatic carbocycles. The Morgan fingerprint density at radius 2 is 1.90 bits per heavy atom. The first-order chi connectivity index (χ1) is 9.63. The van der Waals surface area contributed by atoms with Gasteiger partial charge in [-0.3, -0.25) is 0 Å². The highest BCUT2D eigenvalue weighted by atomic mass is 35.5. The Kier molecular flexibility index (Phi) is 8.86. The monoisotopic (exact) mass is 298 g/mol. The molecule has 1 N–H and O–H groups in total. The zero-order chi connectivity index (χ0) is 14.8. The molecule has 0 saturated carbocycles. The number of rotatable bonds is 10. The van der Waals surface area contributed by atoms with E-state index in [1.54, 1.807) is 0 Å². The van der Waals surface area contributed by atoms with Crippen LogP contribution in [0.15, 0.2) is 24.3 Å². The zero-order valence-corrected chi connectivity index (χ0v) is 13.6. The molecule has 0 fully saturated rings. The molecule has 20 heavy (non-hydrogen) atoms. The van der Waals surface area contributed by atoms with E-state index in [0.29, 0.717) is 6.04 Å². The molecule has 0 amide bonds. The average Bonchev–Trinajstić information content (AvgIpc) is 2.42. The Morgan fingerprint density at radius 3 is 2.50 bits per heavy atom. The predicted octanol–water partition coefficient (Wildman–Crippen LogP) is 3.35. The van der Waals surface area contributed by atoms with E-state index in [-0.39, 0.29) is 0 Å². The second-order valence-corrected chi connectivity index (χ2v) is 5.70. The third-order valence-electron chi connectivity index (χ3n) is 3.17. The van der Waals surface area contributed by atoms with Gasteiger partial charge in [-0.25, -0.2) is 0 Å². The van der Waals surface area contributed by atoms with Gasteiger partial charge in [0.05, 0.1) is 13.2 Å². The van der Waals surface area contributed by atoms with E-state index < -0.39 is 0 Å². The van der Waals surface area contributed by atoms with Crippen LogP contribution in [0.5, 0.6) is 0 Å². The van der Waals surface area contributed by atoms with E-state index in [9.17, 15) is 0 Å². The minimum absolute atomic E-state index is 0.384. The van der Waals surface area contributed by atoms with Gasteiger partial charge in [0.25, 0.3) is 0 Å². The highest BCUT2D eigenvalue weighted by Gasteiger charge is 2.09. The van der Waals surface area contributed by atoms with Crippen LogP contribution in [0.2, 0.25) is 5.02 Å². The fourth-order valence-corrected chi connectivity index (χ4v) is 2.15. The van der Waals surface area contributed by atoms with Crippen molar-refractivity contribution < 1.29 is 4.74 Å². The van der Waals surface area contributed by atoms with E-state index in [0.717, 1.165) is 44.2 Å². The number of ether oxygens (including phenoxy) is 1. The molecular weight excluding hydrogens is 272 g/mol. The Balaban J connectivity index is 2.30. The summed E-state index contributed by atoms with van der Waals surface area (Å²) in [5, 5.41) is 4.35. The molecule has 114 valence electrons. The second-order valence-electron chi connectivity index (χ2n) is 5.26. The number of hydrogen-bond donors (Lipinski definition) is 1. The van der Waals surface area contributed by atoms with Gasteiger partial charge < -0.3 is 15.0 Å². The molecule has 0 heterocycles. The lowest BCUT2D eigenvalue weighted by molar-refractivity contribution is 0.117. The molecule has 0 aromatic heterocycles. The van der Waals surface area contributed by atoms with Gasteiger partial charge in [-0.2, -0.15) is 0 Å². The van der Waals surface area contributed by atoms with Gasteiger partial charge in [0.2, 0.25) is 0 Å². The standard InChI is InChI=1S/C16H27ClN2O/c1-4-5-16(14-6-8-15(17)9-7-14)18-10-12-20-13-11-19(2)3/h6-9,16,18H,4-5,10-13H2,1-3H3. The van der Waals surface area contributed by atoms with Crippen molar-refractivity contribution in [3.05, 3.63) is 34.9 Å². The number of halogens is 1. The lowest BCUT2D eigenvalue weighted by Gasteiger charge is -2.19. The second kappa shape index (κ2) is 10.2. The van der Waals surface area contributed by atoms with Crippen molar-refractivity contribution in [1.82, 2.24) is 10.2 Å². The van der Waals surface area contributed by atoms with Gasteiger partial charge in [0, 0.05) is 24.2 Å². The lowest BCUT2D eigenvalue weighted by atomic mass is 10.0. The Morgan fingerprint density at radius 1 is 1.20 bits per heavy atom. The number of likely N-dealkylation sites (N-methyl/N-ethyl adjacent to an activating group) is 1. The molecule has 1 aromatic rings. The summed E-state index contributed by atoms with van der Waals surface area (Å²) in [7, 11) is 4.11. The Hall–Kier alpha value is -0.610. The van der Waals surface area contributed by atoms with Gasteiger partial charge in [-0.1, -0.05) is 37.1 Å². The summed E-state index contributed by atoms with van der Waals surface area (Å²) in [6, 6.07) is 8.49. The Labute approximate surface area is 128 Å². The van der Waals surface area contributed by atoms with Crippen LogP contribution in [0.1, 0.15) is 31.4 Å². The summed E-state index contributed by atoms with van der Waals surface area (Å²) in [5.41, 5.74) is 1.30. The van der Waals surface area contributed by atoms with Crippen molar-refractivity contribution >= 4 is 11.6 Å². The van der Waals surface area contributed by atoms with Gasteiger partial charge >= 0.3 is 0 Å². The van der Waals surface area contributed by atoms with Crippen molar-refractivity contribution in [2.75, 3.05) is 40.4 Å². The third-order valence-corrected chi connectivity index (χ3v) is 3.42. The summed E-state index contributed by atoms with van der Waals surface area (Å²) in [6.07, 6.45) is 2.28. The van der Waals surface area contributed by atoms with Gasteiger partial charge in [-0.05, 0) is 38.2 Å². The molecule has 1 unspecified atom stereocenters. The number of benzene rings is 1. The summed E-state index contributed by atoms with van der Waals surface area (Å²) >= 11 is 5.94. The fourth-order valence-electron chi connectivity index (χ4n) is 2.02. The normalized spacial score (nSPS) is 12.8. The molecule has 0 aliphatic rings. The Bertz CT molecular complexity index is 354.